The summed E-state index contributed by atoms with van der Waals surface area (Å²) in [4.78, 5) is 25.8. The third kappa shape index (κ3) is 5.14. The smallest absolute Gasteiger partial charge is 0.320 e. The summed E-state index contributed by atoms with van der Waals surface area (Å²) in [6, 6.07) is 8.43. The number of hydrogen-bond acceptors (Lipinski definition) is 5. The standard InChI is InChI=1S/C29H36FN5O2/c30-24-7-2-6-22(15-24)25-19-34(26(28(36)37)14-20-4-1-5-20)18-23(25)17-33-12-8-21(9-13-33)27-16-32-29-31-10-3-11-35(27)29/h2-3,6-7,10-11,15-16,20-21,23,25-26H,1,4-5,8-9,12-14,17-19H2,(H,36,37)/t23?,25-,26-/m1/s1. The van der Waals surface area contributed by atoms with Gasteiger partial charge in [0.2, 0.25) is 5.78 Å². The number of rotatable bonds is 8. The Morgan fingerprint density at radius 1 is 1.11 bits per heavy atom. The summed E-state index contributed by atoms with van der Waals surface area (Å²) in [5, 5.41) is 10.1. The summed E-state index contributed by atoms with van der Waals surface area (Å²) in [5.74, 6) is 1.22. The van der Waals surface area contributed by atoms with Gasteiger partial charge in [-0.3, -0.25) is 14.1 Å². The van der Waals surface area contributed by atoms with Crippen molar-refractivity contribution in [3.8, 4) is 0 Å². The van der Waals surface area contributed by atoms with Gasteiger partial charge in [-0.2, -0.15) is 0 Å². The first-order valence-electron chi connectivity index (χ1n) is 13.8. The number of hydrogen-bond donors (Lipinski definition) is 1. The number of piperidine rings is 1. The monoisotopic (exact) mass is 505 g/mol. The number of carboxylic acid groups (broad SMARTS) is 1. The van der Waals surface area contributed by atoms with Crippen LogP contribution in [0, 0.1) is 17.7 Å². The molecule has 1 saturated carbocycles. The SMILES string of the molecule is O=C(O)[C@@H](CC1CCC1)N1CC(CN2CCC(c3cnc4ncccn34)CC2)[C@@H](c2cccc(F)c2)C1. The van der Waals surface area contributed by atoms with E-state index in [0.29, 0.717) is 18.4 Å². The van der Waals surface area contributed by atoms with Crippen molar-refractivity contribution >= 4 is 11.7 Å². The van der Waals surface area contributed by atoms with Crippen LogP contribution in [0.25, 0.3) is 5.78 Å². The van der Waals surface area contributed by atoms with E-state index in [1.807, 2.05) is 24.5 Å². The first-order valence-corrected chi connectivity index (χ1v) is 13.8. The fourth-order valence-corrected chi connectivity index (χ4v) is 6.80. The minimum absolute atomic E-state index is 0.140. The molecule has 37 heavy (non-hydrogen) atoms. The summed E-state index contributed by atoms with van der Waals surface area (Å²) >= 11 is 0. The van der Waals surface area contributed by atoms with Gasteiger partial charge >= 0.3 is 5.97 Å². The van der Waals surface area contributed by atoms with Gasteiger partial charge < -0.3 is 10.0 Å². The van der Waals surface area contributed by atoms with Gasteiger partial charge in [0.05, 0.1) is 6.20 Å². The third-order valence-electron chi connectivity index (χ3n) is 9.07. The van der Waals surface area contributed by atoms with Gasteiger partial charge in [0.25, 0.3) is 0 Å². The van der Waals surface area contributed by atoms with Gasteiger partial charge in [0, 0.05) is 49.6 Å². The second-order valence-corrected chi connectivity index (χ2v) is 11.3. The molecule has 3 aliphatic rings. The maximum absolute atomic E-state index is 14.2. The Bertz CT molecular complexity index is 1240. The molecule has 1 aromatic carbocycles. The van der Waals surface area contributed by atoms with Crippen LogP contribution in [-0.4, -0.2) is 74.0 Å². The van der Waals surface area contributed by atoms with Crippen LogP contribution in [0.2, 0.25) is 0 Å². The van der Waals surface area contributed by atoms with E-state index in [0.717, 1.165) is 69.6 Å². The van der Waals surface area contributed by atoms with Crippen LogP contribution in [0.5, 0.6) is 0 Å². The van der Waals surface area contributed by atoms with E-state index in [1.54, 1.807) is 18.3 Å². The van der Waals surface area contributed by atoms with Crippen LogP contribution < -0.4 is 0 Å². The zero-order valence-corrected chi connectivity index (χ0v) is 21.3. The van der Waals surface area contributed by atoms with Crippen molar-refractivity contribution in [1.82, 2.24) is 24.2 Å². The lowest BCUT2D eigenvalue weighted by atomic mass is 9.80. The molecule has 2 saturated heterocycles. The molecule has 0 bridgehead atoms. The average molecular weight is 506 g/mol. The average Bonchev–Trinajstić information content (AvgIpc) is 3.48. The molecule has 3 aromatic rings. The number of fused-ring (bicyclic) bond motifs is 1. The lowest BCUT2D eigenvalue weighted by molar-refractivity contribution is -0.144. The molecule has 2 aromatic heterocycles. The van der Waals surface area contributed by atoms with Gasteiger partial charge in [-0.25, -0.2) is 14.4 Å². The highest BCUT2D eigenvalue weighted by atomic mass is 19.1. The topological polar surface area (TPSA) is 74.0 Å². The van der Waals surface area contributed by atoms with E-state index in [9.17, 15) is 14.3 Å². The summed E-state index contributed by atoms with van der Waals surface area (Å²) in [7, 11) is 0. The molecule has 1 aliphatic carbocycles. The van der Waals surface area contributed by atoms with Crippen LogP contribution in [-0.2, 0) is 4.79 Å². The van der Waals surface area contributed by atoms with Gasteiger partial charge in [0.15, 0.2) is 0 Å². The zero-order valence-electron chi connectivity index (χ0n) is 21.3. The number of imidazole rings is 1. The molecular weight excluding hydrogens is 469 g/mol. The Hall–Kier alpha value is -2.84. The van der Waals surface area contributed by atoms with E-state index in [-0.39, 0.29) is 17.7 Å². The first-order chi connectivity index (χ1) is 18.0. The number of likely N-dealkylation sites (tertiary alicyclic amines) is 2. The van der Waals surface area contributed by atoms with Gasteiger partial charge in [-0.1, -0.05) is 31.4 Å². The quantitative estimate of drug-likeness (QED) is 0.489. The predicted molar refractivity (Wildman–Crippen MR) is 139 cm³/mol. The normalized spacial score (nSPS) is 24.9. The van der Waals surface area contributed by atoms with E-state index in [2.05, 4.69) is 24.2 Å². The van der Waals surface area contributed by atoms with Crippen molar-refractivity contribution in [2.24, 2.45) is 11.8 Å². The van der Waals surface area contributed by atoms with Gasteiger partial charge in [-0.15, -0.1) is 0 Å². The third-order valence-corrected chi connectivity index (χ3v) is 9.07. The molecule has 0 radical (unpaired) electrons. The second kappa shape index (κ2) is 10.5. The highest BCUT2D eigenvalue weighted by molar-refractivity contribution is 5.73. The predicted octanol–water partition coefficient (Wildman–Crippen LogP) is 4.41. The van der Waals surface area contributed by atoms with E-state index < -0.39 is 12.0 Å². The molecule has 4 heterocycles. The maximum atomic E-state index is 14.2. The number of nitrogens with zero attached hydrogens (tertiary/aromatic N) is 5. The minimum Gasteiger partial charge on any atom is -0.480 e. The Morgan fingerprint density at radius 3 is 2.68 bits per heavy atom. The number of carbonyl (C=O) groups is 1. The van der Waals surface area contributed by atoms with E-state index >= 15 is 0 Å². The number of halogens is 1. The molecule has 3 fully saturated rings. The van der Waals surface area contributed by atoms with Crippen molar-refractivity contribution in [3.63, 3.8) is 0 Å². The Labute approximate surface area is 217 Å². The molecule has 1 unspecified atom stereocenters. The molecule has 196 valence electrons. The summed E-state index contributed by atoms with van der Waals surface area (Å²) < 4.78 is 16.3. The van der Waals surface area contributed by atoms with Crippen molar-refractivity contribution in [3.05, 3.63) is 66.0 Å². The van der Waals surface area contributed by atoms with Crippen LogP contribution in [0.15, 0.2) is 48.9 Å². The first kappa shape index (κ1) is 24.5. The molecule has 8 heteroatoms. The molecule has 1 N–H and O–H groups in total. The summed E-state index contributed by atoms with van der Waals surface area (Å²) in [5.41, 5.74) is 2.22. The summed E-state index contributed by atoms with van der Waals surface area (Å²) in [6.45, 7) is 4.34. The molecule has 7 nitrogen and oxygen atoms in total. The van der Waals surface area contributed by atoms with E-state index in [4.69, 9.17) is 0 Å². The summed E-state index contributed by atoms with van der Waals surface area (Å²) in [6.07, 6.45) is 12.1. The van der Waals surface area contributed by atoms with Crippen LogP contribution >= 0.6 is 0 Å². The van der Waals surface area contributed by atoms with Gasteiger partial charge in [-0.05, 0) is 68.0 Å². The zero-order chi connectivity index (χ0) is 25.4. The molecule has 6 rings (SSSR count). The minimum atomic E-state index is -0.714. The van der Waals surface area contributed by atoms with E-state index in [1.165, 1.54) is 18.2 Å². The number of carboxylic acids is 1. The van der Waals surface area contributed by atoms with Crippen LogP contribution in [0.3, 0.4) is 0 Å². The number of aliphatic carboxylic acids is 1. The molecule has 0 amide bonds. The number of aromatic nitrogens is 3. The molecule has 3 atom stereocenters. The van der Waals surface area contributed by atoms with Crippen molar-refractivity contribution in [1.29, 1.82) is 0 Å². The van der Waals surface area contributed by atoms with Crippen molar-refractivity contribution in [2.45, 2.75) is 56.4 Å². The Kier molecular flexibility index (Phi) is 6.95. The highest BCUT2D eigenvalue weighted by Gasteiger charge is 2.41. The van der Waals surface area contributed by atoms with Crippen molar-refractivity contribution in [2.75, 3.05) is 32.7 Å². The molecular formula is C29H36FN5O2. The Morgan fingerprint density at radius 2 is 1.95 bits per heavy atom. The largest absolute Gasteiger partial charge is 0.480 e. The van der Waals surface area contributed by atoms with Crippen LogP contribution in [0.4, 0.5) is 4.39 Å². The maximum Gasteiger partial charge on any atom is 0.320 e. The Balaban J connectivity index is 1.15. The molecule has 0 spiro atoms. The van der Waals surface area contributed by atoms with Crippen molar-refractivity contribution < 1.29 is 14.3 Å². The van der Waals surface area contributed by atoms with Gasteiger partial charge in [0.1, 0.15) is 11.9 Å². The fraction of sp³-hybridized carbons (Fsp3) is 0.552. The highest BCUT2D eigenvalue weighted by Crippen LogP contribution is 2.39. The molecule has 2 aliphatic heterocycles. The fourth-order valence-electron chi connectivity index (χ4n) is 6.80. The second-order valence-electron chi connectivity index (χ2n) is 11.3. The number of benzene rings is 1. The lowest BCUT2D eigenvalue weighted by Crippen LogP contribution is -2.43. The van der Waals surface area contributed by atoms with Crippen LogP contribution in [0.1, 0.15) is 61.6 Å². The lowest BCUT2D eigenvalue weighted by Gasteiger charge is -2.35.